The van der Waals surface area contributed by atoms with Crippen molar-refractivity contribution in [2.24, 2.45) is 5.92 Å². The predicted molar refractivity (Wildman–Crippen MR) is 140 cm³/mol. The van der Waals surface area contributed by atoms with Gasteiger partial charge in [0.15, 0.2) is 0 Å². The number of hydrogen-bond acceptors (Lipinski definition) is 4. The number of ether oxygens (including phenoxy) is 1. The highest BCUT2D eigenvalue weighted by molar-refractivity contribution is 5.95. The second-order valence-electron chi connectivity index (χ2n) is 10.5. The van der Waals surface area contributed by atoms with Crippen molar-refractivity contribution < 1.29 is 23.8 Å². The molecule has 3 aromatic rings. The van der Waals surface area contributed by atoms with E-state index in [1.807, 2.05) is 25.1 Å². The number of benzene rings is 2. The van der Waals surface area contributed by atoms with Gasteiger partial charge in [0.1, 0.15) is 11.6 Å². The van der Waals surface area contributed by atoms with Gasteiger partial charge in [-0.15, -0.1) is 0 Å². The molecule has 3 atom stereocenters. The Morgan fingerprint density at radius 2 is 1.97 bits per heavy atom. The van der Waals surface area contributed by atoms with Crippen molar-refractivity contribution in [3.63, 3.8) is 0 Å². The van der Waals surface area contributed by atoms with Crippen molar-refractivity contribution in [1.29, 1.82) is 0 Å². The van der Waals surface area contributed by atoms with Crippen LogP contribution in [-0.4, -0.2) is 39.9 Å². The Balaban J connectivity index is 1.59. The molecule has 0 spiro atoms. The van der Waals surface area contributed by atoms with Crippen molar-refractivity contribution in [3.05, 3.63) is 58.7 Å². The summed E-state index contributed by atoms with van der Waals surface area (Å²) >= 11 is 0. The summed E-state index contributed by atoms with van der Waals surface area (Å²) in [5.41, 5.74) is 5.20. The van der Waals surface area contributed by atoms with Gasteiger partial charge in [-0.05, 0) is 81.7 Å². The maximum atomic E-state index is 14.2. The lowest BCUT2D eigenvalue weighted by molar-refractivity contribution is -0.143. The van der Waals surface area contributed by atoms with Crippen LogP contribution in [0, 0.1) is 18.7 Å². The third kappa shape index (κ3) is 4.69. The minimum absolute atomic E-state index is 0.0186. The van der Waals surface area contributed by atoms with Crippen molar-refractivity contribution in [1.82, 2.24) is 9.55 Å². The first-order valence-electron chi connectivity index (χ1n) is 13.2. The van der Waals surface area contributed by atoms with Gasteiger partial charge in [-0.2, -0.15) is 0 Å². The molecule has 0 radical (unpaired) electrons. The SMILES string of the molecule is COC(=O)N1c2ccc3c(nc(CCc4ccc(C)c(F)c4)n3[C@@H]3CCC[C@@H](C(=O)O)C3)c2CCC1C. The molecule has 1 saturated carbocycles. The Hall–Kier alpha value is -3.42. The van der Waals surface area contributed by atoms with Crippen LogP contribution >= 0.6 is 0 Å². The highest BCUT2D eigenvalue weighted by Crippen LogP contribution is 2.40. The monoisotopic (exact) mass is 507 g/mol. The van der Waals surface area contributed by atoms with Crippen LogP contribution in [0.5, 0.6) is 0 Å². The van der Waals surface area contributed by atoms with Gasteiger partial charge >= 0.3 is 12.1 Å². The van der Waals surface area contributed by atoms with Gasteiger partial charge in [-0.1, -0.05) is 18.6 Å². The van der Waals surface area contributed by atoms with Gasteiger partial charge in [-0.25, -0.2) is 14.2 Å². The van der Waals surface area contributed by atoms with Gasteiger partial charge in [0.25, 0.3) is 0 Å². The smallest absolute Gasteiger partial charge is 0.414 e. The van der Waals surface area contributed by atoms with Crippen molar-refractivity contribution in [2.45, 2.75) is 77.3 Å². The number of rotatable bonds is 5. The minimum atomic E-state index is -0.745. The number of amides is 1. The minimum Gasteiger partial charge on any atom is -0.481 e. The predicted octanol–water partition coefficient (Wildman–Crippen LogP) is 5.99. The summed E-state index contributed by atoms with van der Waals surface area (Å²) in [5.74, 6) is -0.452. The number of aliphatic carboxylic acids is 1. The van der Waals surface area contributed by atoms with Gasteiger partial charge < -0.3 is 14.4 Å². The average Bonchev–Trinajstić information content (AvgIpc) is 3.27. The van der Waals surface area contributed by atoms with E-state index < -0.39 is 5.97 Å². The molecule has 37 heavy (non-hydrogen) atoms. The fourth-order valence-corrected chi connectivity index (χ4v) is 6.08. The van der Waals surface area contributed by atoms with E-state index in [1.54, 1.807) is 24.0 Å². The molecular weight excluding hydrogens is 473 g/mol. The first-order valence-corrected chi connectivity index (χ1v) is 13.2. The van der Waals surface area contributed by atoms with E-state index in [-0.39, 0.29) is 29.9 Å². The summed E-state index contributed by atoms with van der Waals surface area (Å²) in [7, 11) is 1.39. The Kier molecular flexibility index (Phi) is 6.92. The van der Waals surface area contributed by atoms with Gasteiger partial charge in [-0.3, -0.25) is 9.69 Å². The molecule has 0 saturated heterocycles. The van der Waals surface area contributed by atoms with Crippen LogP contribution < -0.4 is 4.90 Å². The fourth-order valence-electron chi connectivity index (χ4n) is 6.08. The Bertz CT molecular complexity index is 1350. The van der Waals surface area contributed by atoms with E-state index in [0.29, 0.717) is 31.2 Å². The first kappa shape index (κ1) is 25.2. The Morgan fingerprint density at radius 3 is 2.70 bits per heavy atom. The van der Waals surface area contributed by atoms with Crippen molar-refractivity contribution in [3.8, 4) is 0 Å². The summed E-state index contributed by atoms with van der Waals surface area (Å²) in [6, 6.07) is 9.36. The van der Waals surface area contributed by atoms with Crippen LogP contribution in [0.1, 0.15) is 67.6 Å². The topological polar surface area (TPSA) is 84.7 Å². The molecule has 1 aliphatic heterocycles. The first-order chi connectivity index (χ1) is 17.8. The molecule has 5 rings (SSSR count). The molecule has 1 aromatic heterocycles. The number of halogens is 1. The number of carboxylic acids is 1. The van der Waals surface area contributed by atoms with Crippen LogP contribution in [0.3, 0.4) is 0 Å². The van der Waals surface area contributed by atoms with Crippen LogP contribution in [0.2, 0.25) is 0 Å². The third-order valence-corrected chi connectivity index (χ3v) is 8.13. The van der Waals surface area contributed by atoms with Crippen LogP contribution in [0.4, 0.5) is 14.9 Å². The fraction of sp³-hybridized carbons (Fsp3) is 0.483. The summed E-state index contributed by atoms with van der Waals surface area (Å²) in [5, 5.41) is 9.71. The molecule has 7 nitrogen and oxygen atoms in total. The molecule has 1 aliphatic carbocycles. The zero-order valence-corrected chi connectivity index (χ0v) is 21.7. The Morgan fingerprint density at radius 1 is 1.16 bits per heavy atom. The van der Waals surface area contributed by atoms with Crippen molar-refractivity contribution in [2.75, 3.05) is 12.0 Å². The number of hydrogen-bond donors (Lipinski definition) is 1. The molecule has 2 heterocycles. The van der Waals surface area contributed by atoms with E-state index >= 15 is 0 Å². The summed E-state index contributed by atoms with van der Waals surface area (Å²) in [6.07, 6.45) is 5.45. The standard InChI is InChI=1S/C29H34FN3O4/c1-17-7-9-19(15-23(17)30)10-14-26-31-27-22-11-8-18(2)32(29(36)37-3)24(22)12-13-25(27)33(26)21-6-4-5-20(16-21)28(34)35/h7,9,12-13,15,18,20-21H,4-6,8,10-11,14,16H2,1-3H3,(H,34,35)/t18?,20-,21-/m1/s1. The molecule has 8 heteroatoms. The lowest BCUT2D eigenvalue weighted by Gasteiger charge is -2.34. The third-order valence-electron chi connectivity index (χ3n) is 8.13. The maximum Gasteiger partial charge on any atom is 0.414 e. The zero-order valence-electron chi connectivity index (χ0n) is 21.7. The molecule has 196 valence electrons. The summed E-state index contributed by atoms with van der Waals surface area (Å²) < 4.78 is 21.5. The van der Waals surface area contributed by atoms with Crippen LogP contribution in [0.25, 0.3) is 11.0 Å². The van der Waals surface area contributed by atoms with Crippen LogP contribution in [-0.2, 0) is 28.8 Å². The lowest BCUT2D eigenvalue weighted by Crippen LogP contribution is -2.42. The molecule has 2 aliphatic rings. The van der Waals surface area contributed by atoms with E-state index in [2.05, 4.69) is 4.57 Å². The number of imidazole rings is 1. The molecule has 2 aromatic carbocycles. The van der Waals surface area contributed by atoms with Gasteiger partial charge in [0.2, 0.25) is 0 Å². The molecule has 0 bridgehead atoms. The Labute approximate surface area is 216 Å². The highest BCUT2D eigenvalue weighted by Gasteiger charge is 2.34. The molecule has 1 fully saturated rings. The number of aryl methyl sites for hydroxylation is 4. The average molecular weight is 508 g/mol. The molecule has 1 unspecified atom stereocenters. The van der Waals surface area contributed by atoms with E-state index in [4.69, 9.17) is 9.72 Å². The van der Waals surface area contributed by atoms with Crippen LogP contribution in [0.15, 0.2) is 30.3 Å². The number of carbonyl (C=O) groups excluding carboxylic acids is 1. The summed E-state index contributed by atoms with van der Waals surface area (Å²) in [4.78, 5) is 31.2. The van der Waals surface area contributed by atoms with Gasteiger partial charge in [0.05, 0.1) is 29.7 Å². The van der Waals surface area contributed by atoms with Gasteiger partial charge in [0, 0.05) is 24.1 Å². The number of carboxylic acid groups (broad SMARTS) is 1. The quantitative estimate of drug-likeness (QED) is 0.458. The van der Waals surface area contributed by atoms with E-state index in [1.165, 1.54) is 7.11 Å². The zero-order chi connectivity index (χ0) is 26.3. The number of carbonyl (C=O) groups is 2. The number of fused-ring (bicyclic) bond motifs is 3. The second kappa shape index (κ2) is 10.1. The molecule has 1 N–H and O–H groups in total. The number of anilines is 1. The highest BCUT2D eigenvalue weighted by atomic mass is 19.1. The number of aromatic nitrogens is 2. The van der Waals surface area contributed by atoms with E-state index in [0.717, 1.165) is 59.4 Å². The largest absolute Gasteiger partial charge is 0.481 e. The molecular formula is C29H34FN3O4. The molecule has 1 amide bonds. The summed E-state index contributed by atoms with van der Waals surface area (Å²) in [6.45, 7) is 3.77. The van der Waals surface area contributed by atoms with Crippen molar-refractivity contribution >= 4 is 28.8 Å². The normalized spacial score (nSPS) is 21.6. The van der Waals surface area contributed by atoms with E-state index in [9.17, 15) is 19.1 Å². The number of nitrogens with zero attached hydrogens (tertiary/aromatic N) is 3. The second-order valence-corrected chi connectivity index (χ2v) is 10.5. The maximum absolute atomic E-state index is 14.2. The lowest BCUT2D eigenvalue weighted by atomic mass is 9.85. The number of methoxy groups -OCH3 is 1.